The minimum absolute atomic E-state index is 0.0227. The van der Waals surface area contributed by atoms with E-state index in [0.717, 1.165) is 0 Å². The number of methoxy groups -OCH3 is 2. The van der Waals surface area contributed by atoms with E-state index in [1.807, 2.05) is 0 Å². The van der Waals surface area contributed by atoms with E-state index in [2.05, 4.69) is 10.6 Å². The molecule has 0 aromatic heterocycles. The summed E-state index contributed by atoms with van der Waals surface area (Å²) in [6.45, 7) is 4.75. The van der Waals surface area contributed by atoms with Crippen LogP contribution >= 0.6 is 0 Å². The van der Waals surface area contributed by atoms with Gasteiger partial charge >= 0.3 is 0 Å². The first-order chi connectivity index (χ1) is 16.4. The molecule has 34 heavy (non-hydrogen) atoms. The maximum Gasteiger partial charge on any atom is 0.222 e. The van der Waals surface area contributed by atoms with Crippen LogP contribution in [0.3, 0.4) is 0 Å². The van der Waals surface area contributed by atoms with Crippen molar-refractivity contribution in [3.05, 3.63) is 0 Å². The highest BCUT2D eigenvalue weighted by atomic mass is 16.7. The van der Waals surface area contributed by atoms with Crippen LogP contribution in [-0.4, -0.2) is 133 Å². The molecule has 4 N–H and O–H groups in total. The van der Waals surface area contributed by atoms with Gasteiger partial charge in [-0.05, 0) is 0 Å². The molecule has 1 saturated heterocycles. The fraction of sp³-hybridized carbons (Fsp3) is 0.905. The average Bonchev–Trinajstić information content (AvgIpc) is 2.81. The van der Waals surface area contributed by atoms with Gasteiger partial charge in [-0.3, -0.25) is 9.59 Å². The molecule has 1 fully saturated rings. The zero-order chi connectivity index (χ0) is 25.2. The van der Waals surface area contributed by atoms with Crippen LogP contribution in [0.15, 0.2) is 0 Å². The second-order valence-corrected chi connectivity index (χ2v) is 7.49. The molecule has 0 aromatic rings. The third kappa shape index (κ3) is 12.9. The van der Waals surface area contributed by atoms with Crippen LogP contribution in [-0.2, 0) is 42.7 Å². The number of rotatable bonds is 19. The van der Waals surface area contributed by atoms with Gasteiger partial charge in [0, 0.05) is 34.1 Å². The van der Waals surface area contributed by atoms with Gasteiger partial charge in [0.15, 0.2) is 6.29 Å². The Bertz CT molecular complexity index is 553. The van der Waals surface area contributed by atoms with Crippen molar-refractivity contribution in [3.63, 3.8) is 0 Å². The molecule has 0 saturated carbocycles. The van der Waals surface area contributed by atoms with Crippen molar-refractivity contribution in [3.8, 4) is 0 Å². The molecule has 0 spiro atoms. The van der Waals surface area contributed by atoms with Gasteiger partial charge in [0.05, 0.1) is 59.5 Å². The highest BCUT2D eigenvalue weighted by molar-refractivity contribution is 5.75. The van der Waals surface area contributed by atoms with E-state index in [0.29, 0.717) is 59.2 Å². The van der Waals surface area contributed by atoms with Gasteiger partial charge in [-0.1, -0.05) is 0 Å². The number of hydrogen-bond acceptors (Lipinski definition) is 11. The first kappa shape index (κ1) is 30.6. The van der Waals surface area contributed by atoms with Crippen molar-refractivity contribution >= 4 is 11.8 Å². The van der Waals surface area contributed by atoms with E-state index < -0.39 is 30.6 Å². The molecule has 13 heteroatoms. The van der Waals surface area contributed by atoms with Gasteiger partial charge in [0.1, 0.15) is 24.4 Å². The molecule has 200 valence electrons. The van der Waals surface area contributed by atoms with Crippen LogP contribution in [0, 0.1) is 0 Å². The Kier molecular flexibility index (Phi) is 17.0. The molecule has 0 aliphatic carbocycles. The maximum absolute atomic E-state index is 11.3. The zero-order valence-electron chi connectivity index (χ0n) is 20.2. The van der Waals surface area contributed by atoms with Gasteiger partial charge < -0.3 is 54.0 Å². The molecule has 1 aliphatic heterocycles. The van der Waals surface area contributed by atoms with Crippen LogP contribution in [0.5, 0.6) is 0 Å². The van der Waals surface area contributed by atoms with Crippen molar-refractivity contribution in [2.75, 3.05) is 80.2 Å². The highest BCUT2D eigenvalue weighted by Gasteiger charge is 2.45. The lowest BCUT2D eigenvalue weighted by atomic mass is 9.97. The number of nitrogens with one attached hydrogen (secondary N) is 2. The number of ether oxygens (including phenoxy) is 7. The quantitative estimate of drug-likeness (QED) is 0.144. The first-order valence-corrected chi connectivity index (χ1v) is 11.3. The number of aliphatic hydroxyl groups excluding tert-OH is 2. The van der Waals surface area contributed by atoms with Crippen molar-refractivity contribution in [2.45, 2.75) is 44.0 Å². The Morgan fingerprint density at radius 2 is 1.44 bits per heavy atom. The number of amides is 2. The lowest BCUT2D eigenvalue weighted by Gasteiger charge is -2.42. The molecule has 0 unspecified atom stereocenters. The van der Waals surface area contributed by atoms with Crippen LogP contribution in [0.4, 0.5) is 0 Å². The Morgan fingerprint density at radius 3 is 2.00 bits per heavy atom. The van der Waals surface area contributed by atoms with Crippen molar-refractivity contribution < 1.29 is 53.0 Å². The summed E-state index contributed by atoms with van der Waals surface area (Å²) >= 11 is 0. The smallest absolute Gasteiger partial charge is 0.222 e. The molecular weight excluding hydrogens is 456 g/mol. The predicted octanol–water partition coefficient (Wildman–Crippen LogP) is -2.20. The van der Waals surface area contributed by atoms with E-state index >= 15 is 0 Å². The van der Waals surface area contributed by atoms with Gasteiger partial charge in [-0.25, -0.2) is 0 Å². The molecule has 5 atom stereocenters. The monoisotopic (exact) mass is 496 g/mol. The molecule has 2 amide bonds. The molecular formula is C21H40N2O11. The summed E-state index contributed by atoms with van der Waals surface area (Å²) in [5.41, 5.74) is 0. The summed E-state index contributed by atoms with van der Waals surface area (Å²) in [5, 5.41) is 25.7. The van der Waals surface area contributed by atoms with Crippen molar-refractivity contribution in [1.82, 2.24) is 10.6 Å². The number of carbonyl (C=O) groups excluding carboxylic acids is 2. The normalized spacial score (nSPS) is 24.7. The number of hydrogen-bond donors (Lipinski definition) is 4. The van der Waals surface area contributed by atoms with Gasteiger partial charge in [0.2, 0.25) is 11.8 Å². The maximum atomic E-state index is 11.3. The largest absolute Gasteiger partial charge is 0.388 e. The molecule has 0 bridgehead atoms. The summed E-state index contributed by atoms with van der Waals surface area (Å²) in [4.78, 5) is 22.6. The Hall–Kier alpha value is -1.42. The molecule has 13 nitrogen and oxygen atoms in total. The van der Waals surface area contributed by atoms with Crippen molar-refractivity contribution in [2.24, 2.45) is 0 Å². The van der Waals surface area contributed by atoms with Gasteiger partial charge in [-0.2, -0.15) is 0 Å². The Balaban J connectivity index is 1.98. The Morgan fingerprint density at radius 1 is 0.853 bits per heavy atom. The average molecular weight is 497 g/mol. The summed E-state index contributed by atoms with van der Waals surface area (Å²) in [7, 11) is 2.93. The lowest BCUT2D eigenvalue weighted by Crippen LogP contribution is -2.64. The van der Waals surface area contributed by atoms with E-state index in [1.54, 1.807) is 7.11 Å². The zero-order valence-corrected chi connectivity index (χ0v) is 20.2. The highest BCUT2D eigenvalue weighted by Crippen LogP contribution is 2.22. The van der Waals surface area contributed by atoms with Crippen LogP contribution in [0.25, 0.3) is 0 Å². The standard InChI is InChI=1S/C21H40N2O11/c1-15(24)23-18-20(27)19(26)16(34-21(18)29-3)14-33-13-12-32-11-10-31-9-8-30-7-5-22-17(25)4-6-28-2/h16,18-21,26-27H,4-14H2,1-3H3,(H,22,25)(H,23,24)/t16-,18-,19+,20-,21-/m1/s1. The first-order valence-electron chi connectivity index (χ1n) is 11.3. The molecule has 1 rings (SSSR count). The fourth-order valence-electron chi connectivity index (χ4n) is 3.06. The number of aliphatic hydroxyl groups is 2. The summed E-state index contributed by atoms with van der Waals surface area (Å²) in [5.74, 6) is -0.442. The van der Waals surface area contributed by atoms with E-state index in [-0.39, 0.29) is 25.0 Å². The Labute approximate surface area is 200 Å². The summed E-state index contributed by atoms with van der Waals surface area (Å²) in [6.07, 6.45) is -3.89. The molecule has 0 radical (unpaired) electrons. The predicted molar refractivity (Wildman–Crippen MR) is 118 cm³/mol. The fourth-order valence-corrected chi connectivity index (χ4v) is 3.06. The van der Waals surface area contributed by atoms with Crippen molar-refractivity contribution in [1.29, 1.82) is 0 Å². The summed E-state index contributed by atoms with van der Waals surface area (Å²) < 4.78 is 37.2. The van der Waals surface area contributed by atoms with Crippen LogP contribution in [0.1, 0.15) is 13.3 Å². The minimum atomic E-state index is -1.26. The van der Waals surface area contributed by atoms with Crippen LogP contribution in [0.2, 0.25) is 0 Å². The minimum Gasteiger partial charge on any atom is -0.388 e. The van der Waals surface area contributed by atoms with Gasteiger partial charge in [0.25, 0.3) is 0 Å². The second-order valence-electron chi connectivity index (χ2n) is 7.49. The third-order valence-electron chi connectivity index (χ3n) is 4.80. The SMILES string of the molecule is COCCC(=O)NCCOCCOCCOCCOC[C@H]1O[C@@H](OC)[C@H](NC(C)=O)[C@@H](O)[C@H]1O. The number of carbonyl (C=O) groups is 2. The molecule has 1 heterocycles. The van der Waals surface area contributed by atoms with E-state index in [1.165, 1.54) is 14.0 Å². The molecule has 1 aliphatic rings. The van der Waals surface area contributed by atoms with Crippen LogP contribution < -0.4 is 10.6 Å². The molecule has 0 aromatic carbocycles. The third-order valence-corrected chi connectivity index (χ3v) is 4.80. The summed E-state index contributed by atoms with van der Waals surface area (Å²) in [6, 6.07) is -0.880. The second kappa shape index (κ2) is 18.9. The van der Waals surface area contributed by atoms with Gasteiger partial charge in [-0.15, -0.1) is 0 Å². The van der Waals surface area contributed by atoms with E-state index in [9.17, 15) is 19.8 Å². The topological polar surface area (TPSA) is 163 Å². The van der Waals surface area contributed by atoms with E-state index in [4.69, 9.17) is 33.2 Å². The lowest BCUT2D eigenvalue weighted by molar-refractivity contribution is -0.265.